The molecule has 0 saturated carbocycles. The Morgan fingerprint density at radius 3 is 2.93 bits per heavy atom. The molecule has 15 heavy (non-hydrogen) atoms. The fourth-order valence-electron chi connectivity index (χ4n) is 2.05. The highest BCUT2D eigenvalue weighted by molar-refractivity contribution is 5.75. The molecule has 0 radical (unpaired) electrons. The summed E-state index contributed by atoms with van der Waals surface area (Å²) in [5, 5.41) is 8.84. The van der Waals surface area contributed by atoms with Crippen LogP contribution in [-0.4, -0.2) is 23.8 Å². The van der Waals surface area contributed by atoms with Crippen molar-refractivity contribution in [3.8, 4) is 11.5 Å². The lowest BCUT2D eigenvalue weighted by Gasteiger charge is -2.04. The summed E-state index contributed by atoms with van der Waals surface area (Å²) < 4.78 is 10.8. The lowest BCUT2D eigenvalue weighted by molar-refractivity contribution is -0.144. The maximum absolute atomic E-state index is 10.8. The van der Waals surface area contributed by atoms with Gasteiger partial charge in [-0.1, -0.05) is 0 Å². The van der Waals surface area contributed by atoms with Crippen LogP contribution in [0.1, 0.15) is 11.1 Å². The van der Waals surface area contributed by atoms with Gasteiger partial charge in [0.2, 0.25) is 0 Å². The molecule has 2 aliphatic rings. The second-order valence-electron chi connectivity index (χ2n) is 3.81. The number of carboxylic acid groups (broad SMARTS) is 1. The summed E-state index contributed by atoms with van der Waals surface area (Å²) in [6.07, 6.45) is 0.577. The number of benzene rings is 1. The van der Waals surface area contributed by atoms with Gasteiger partial charge < -0.3 is 14.6 Å². The molecule has 0 amide bonds. The zero-order chi connectivity index (χ0) is 10.4. The first-order chi connectivity index (χ1) is 7.24. The van der Waals surface area contributed by atoms with E-state index in [-0.39, 0.29) is 0 Å². The Morgan fingerprint density at radius 1 is 1.33 bits per heavy atom. The molecule has 1 aromatic rings. The van der Waals surface area contributed by atoms with E-state index in [1.165, 1.54) is 0 Å². The number of fused-ring (bicyclic) bond motifs is 2. The second-order valence-corrected chi connectivity index (χ2v) is 3.81. The quantitative estimate of drug-likeness (QED) is 0.745. The van der Waals surface area contributed by atoms with Gasteiger partial charge in [0.15, 0.2) is 6.10 Å². The van der Waals surface area contributed by atoms with Crippen LogP contribution in [-0.2, 0) is 17.6 Å². The number of hydrogen-bond acceptors (Lipinski definition) is 3. The molecule has 0 spiro atoms. The lowest BCUT2D eigenvalue weighted by atomic mass is 10.1. The van der Waals surface area contributed by atoms with E-state index in [4.69, 9.17) is 14.6 Å². The van der Waals surface area contributed by atoms with E-state index < -0.39 is 12.1 Å². The maximum atomic E-state index is 10.8. The summed E-state index contributed by atoms with van der Waals surface area (Å²) in [5.41, 5.74) is 2.04. The number of carbonyl (C=O) groups is 1. The summed E-state index contributed by atoms with van der Waals surface area (Å²) >= 11 is 0. The fraction of sp³-hybridized carbons (Fsp3) is 0.364. The first kappa shape index (κ1) is 8.59. The highest BCUT2D eigenvalue weighted by Crippen LogP contribution is 2.37. The molecule has 0 fully saturated rings. The van der Waals surface area contributed by atoms with Gasteiger partial charge in [-0.05, 0) is 12.1 Å². The molecule has 0 aliphatic carbocycles. The molecule has 1 atom stereocenters. The van der Waals surface area contributed by atoms with Crippen LogP contribution in [0, 0.1) is 0 Å². The minimum absolute atomic E-state index is 0.432. The van der Waals surface area contributed by atoms with Crippen LogP contribution in [0.4, 0.5) is 0 Å². The van der Waals surface area contributed by atoms with Gasteiger partial charge in [0.25, 0.3) is 0 Å². The SMILES string of the molecule is O=C(O)C1Cc2cc3c(cc2O1)CCO3. The zero-order valence-corrected chi connectivity index (χ0v) is 8.03. The van der Waals surface area contributed by atoms with Crippen molar-refractivity contribution in [1.29, 1.82) is 0 Å². The van der Waals surface area contributed by atoms with Gasteiger partial charge in [-0.15, -0.1) is 0 Å². The van der Waals surface area contributed by atoms with E-state index in [9.17, 15) is 4.79 Å². The number of ether oxygens (including phenoxy) is 2. The van der Waals surface area contributed by atoms with Gasteiger partial charge in [-0.2, -0.15) is 0 Å². The van der Waals surface area contributed by atoms with Crippen molar-refractivity contribution in [2.24, 2.45) is 0 Å². The maximum Gasteiger partial charge on any atom is 0.345 e. The predicted octanol–water partition coefficient (Wildman–Crippen LogP) is 1.01. The van der Waals surface area contributed by atoms with Crippen LogP contribution in [0.2, 0.25) is 0 Å². The highest BCUT2D eigenvalue weighted by Gasteiger charge is 2.30. The van der Waals surface area contributed by atoms with Crippen LogP contribution >= 0.6 is 0 Å². The third-order valence-corrected chi connectivity index (χ3v) is 2.82. The third-order valence-electron chi connectivity index (χ3n) is 2.82. The molecule has 0 saturated heterocycles. The third kappa shape index (κ3) is 1.25. The van der Waals surface area contributed by atoms with Crippen molar-refractivity contribution in [3.63, 3.8) is 0 Å². The van der Waals surface area contributed by atoms with E-state index in [1.54, 1.807) is 0 Å². The van der Waals surface area contributed by atoms with E-state index >= 15 is 0 Å². The van der Waals surface area contributed by atoms with E-state index in [0.717, 1.165) is 23.3 Å². The standard InChI is InChI=1S/C11H10O4/c12-11(13)10-5-7-4-8-6(1-2-14-8)3-9(7)15-10/h3-4,10H,1-2,5H2,(H,12,13). The molecule has 0 bridgehead atoms. The summed E-state index contributed by atoms with van der Waals surface area (Å²) in [5.74, 6) is 0.669. The summed E-state index contributed by atoms with van der Waals surface area (Å²) in [4.78, 5) is 10.8. The van der Waals surface area contributed by atoms with E-state index in [0.29, 0.717) is 18.8 Å². The Bertz CT molecular complexity index is 405. The molecule has 78 valence electrons. The van der Waals surface area contributed by atoms with Crippen LogP contribution in [0.5, 0.6) is 11.5 Å². The molecule has 4 heteroatoms. The summed E-state index contributed by atoms with van der Waals surface area (Å²) in [6, 6.07) is 3.81. The minimum Gasteiger partial charge on any atom is -0.493 e. The van der Waals surface area contributed by atoms with Gasteiger partial charge in [0, 0.05) is 24.0 Å². The topological polar surface area (TPSA) is 55.8 Å². The Balaban J connectivity index is 1.98. The van der Waals surface area contributed by atoms with Crippen molar-refractivity contribution >= 4 is 5.97 Å². The zero-order valence-electron chi connectivity index (χ0n) is 8.03. The van der Waals surface area contributed by atoms with Crippen molar-refractivity contribution in [2.75, 3.05) is 6.61 Å². The molecule has 0 aromatic heterocycles. The van der Waals surface area contributed by atoms with E-state index in [1.807, 2.05) is 12.1 Å². The first-order valence-corrected chi connectivity index (χ1v) is 4.92. The minimum atomic E-state index is -0.910. The normalized spacial score (nSPS) is 21.5. The average Bonchev–Trinajstić information content (AvgIpc) is 2.77. The van der Waals surface area contributed by atoms with Gasteiger partial charge >= 0.3 is 5.97 Å². The Morgan fingerprint density at radius 2 is 2.13 bits per heavy atom. The smallest absolute Gasteiger partial charge is 0.345 e. The van der Waals surface area contributed by atoms with Gasteiger partial charge in [0.1, 0.15) is 11.5 Å². The second kappa shape index (κ2) is 2.89. The summed E-state index contributed by atoms with van der Waals surface area (Å²) in [7, 11) is 0. The molecule has 4 nitrogen and oxygen atoms in total. The Kier molecular flexibility index (Phi) is 1.65. The van der Waals surface area contributed by atoms with Crippen molar-refractivity contribution < 1.29 is 19.4 Å². The molecule has 1 aromatic carbocycles. The highest BCUT2D eigenvalue weighted by atomic mass is 16.5. The molecular weight excluding hydrogens is 196 g/mol. The Labute approximate surface area is 86.4 Å². The van der Waals surface area contributed by atoms with Gasteiger partial charge in [-0.25, -0.2) is 4.79 Å². The Hall–Kier alpha value is -1.71. The predicted molar refractivity (Wildman–Crippen MR) is 51.4 cm³/mol. The largest absolute Gasteiger partial charge is 0.493 e. The molecule has 2 heterocycles. The van der Waals surface area contributed by atoms with Gasteiger partial charge in [-0.3, -0.25) is 0 Å². The van der Waals surface area contributed by atoms with Crippen molar-refractivity contribution in [2.45, 2.75) is 18.9 Å². The number of hydrogen-bond donors (Lipinski definition) is 1. The summed E-state index contributed by atoms with van der Waals surface area (Å²) in [6.45, 7) is 0.709. The average molecular weight is 206 g/mol. The van der Waals surface area contributed by atoms with Crippen molar-refractivity contribution in [1.82, 2.24) is 0 Å². The number of carboxylic acids is 1. The monoisotopic (exact) mass is 206 g/mol. The van der Waals surface area contributed by atoms with Crippen molar-refractivity contribution in [3.05, 3.63) is 23.3 Å². The molecule has 1 unspecified atom stereocenters. The number of rotatable bonds is 1. The van der Waals surface area contributed by atoms with Crippen LogP contribution in [0.15, 0.2) is 12.1 Å². The first-order valence-electron chi connectivity index (χ1n) is 4.92. The van der Waals surface area contributed by atoms with Crippen LogP contribution in [0.25, 0.3) is 0 Å². The lowest BCUT2D eigenvalue weighted by Crippen LogP contribution is -2.24. The fourth-order valence-corrected chi connectivity index (χ4v) is 2.05. The molecule has 2 aliphatic heterocycles. The molecule has 3 rings (SSSR count). The van der Waals surface area contributed by atoms with Crippen LogP contribution < -0.4 is 9.47 Å². The van der Waals surface area contributed by atoms with Gasteiger partial charge in [0.05, 0.1) is 6.61 Å². The molecule has 1 N–H and O–H groups in total. The number of aliphatic carboxylic acids is 1. The molecular formula is C11H10O4. The van der Waals surface area contributed by atoms with Crippen LogP contribution in [0.3, 0.4) is 0 Å². The van der Waals surface area contributed by atoms with E-state index in [2.05, 4.69) is 0 Å².